The van der Waals surface area contributed by atoms with Crippen LogP contribution in [0.3, 0.4) is 0 Å². The Hall–Kier alpha value is -2.13. The van der Waals surface area contributed by atoms with Gasteiger partial charge in [0.1, 0.15) is 0 Å². The molecule has 36 heavy (non-hydrogen) atoms. The first-order valence-electron chi connectivity index (χ1n) is 10.7. The minimum Gasteiger partial charge on any atom is -0.272 e. The molecule has 0 unspecified atom stereocenters. The summed E-state index contributed by atoms with van der Waals surface area (Å²) in [5.74, 6) is -0.627. The van der Waals surface area contributed by atoms with Gasteiger partial charge in [0, 0.05) is 6.54 Å². The second-order valence-corrected chi connectivity index (χ2v) is 11.7. The number of halogens is 4. The van der Waals surface area contributed by atoms with Gasteiger partial charge in [0.05, 0.1) is 37.7 Å². The van der Waals surface area contributed by atoms with Crippen LogP contribution in [0.4, 0.5) is 0 Å². The summed E-state index contributed by atoms with van der Waals surface area (Å²) in [5, 5.41) is 5.27. The van der Waals surface area contributed by atoms with Crippen LogP contribution in [-0.2, 0) is 21.4 Å². The Bertz CT molecular complexity index is 1420. The van der Waals surface area contributed by atoms with Crippen LogP contribution in [0.1, 0.15) is 27.8 Å². The van der Waals surface area contributed by atoms with Crippen LogP contribution in [-0.4, -0.2) is 31.4 Å². The van der Waals surface area contributed by atoms with Crippen molar-refractivity contribution >= 4 is 68.5 Å². The third-order valence-corrected chi connectivity index (χ3v) is 8.79. The molecular formula is C25H23Cl4N3O3S. The molecule has 0 spiro atoms. The number of nitrogens with one attached hydrogen (secondary N) is 1. The molecule has 0 bridgehead atoms. The Kier molecular flexibility index (Phi) is 9.44. The van der Waals surface area contributed by atoms with Crippen LogP contribution in [0.5, 0.6) is 0 Å². The third kappa shape index (κ3) is 7.00. The highest BCUT2D eigenvalue weighted by Gasteiger charge is 2.30. The summed E-state index contributed by atoms with van der Waals surface area (Å²) in [4.78, 5) is 12.9. The zero-order chi connectivity index (χ0) is 26.6. The van der Waals surface area contributed by atoms with E-state index in [2.05, 4.69) is 10.5 Å². The molecule has 0 aliphatic rings. The fourth-order valence-electron chi connectivity index (χ4n) is 3.74. The molecule has 0 radical (unpaired) electrons. The predicted octanol–water partition coefficient (Wildman–Crippen LogP) is 6.57. The van der Waals surface area contributed by atoms with Gasteiger partial charge in [-0.3, -0.25) is 4.79 Å². The highest BCUT2D eigenvalue weighted by atomic mass is 35.5. The zero-order valence-electron chi connectivity index (χ0n) is 19.6. The normalized spacial score (nSPS) is 11.9. The lowest BCUT2D eigenvalue weighted by atomic mass is 10.1. The summed E-state index contributed by atoms with van der Waals surface area (Å²) >= 11 is 24.0. The lowest BCUT2D eigenvalue weighted by Crippen LogP contribution is -2.39. The molecule has 0 saturated heterocycles. The average molecular weight is 587 g/mol. The Balaban J connectivity index is 1.89. The average Bonchev–Trinajstić information content (AvgIpc) is 2.77. The van der Waals surface area contributed by atoms with Gasteiger partial charge in [-0.2, -0.15) is 9.41 Å². The molecule has 0 saturated carbocycles. The van der Waals surface area contributed by atoms with Gasteiger partial charge < -0.3 is 0 Å². The smallest absolute Gasteiger partial charge is 0.255 e. The molecular weight excluding hydrogens is 564 g/mol. The van der Waals surface area contributed by atoms with Crippen LogP contribution in [0.25, 0.3) is 0 Å². The standard InChI is InChI=1S/C25H23Cl4N3O3S/c1-15-8-16(2)25(17(3)9-15)36(34,35)32(13-19-5-7-21(27)23(29)11-19)14-24(33)31-30-12-18-4-6-20(26)22(28)10-18/h4-12H,13-14H2,1-3H3,(H,31,33)/b30-12+. The number of rotatable bonds is 8. The first-order chi connectivity index (χ1) is 16.9. The molecule has 1 N–H and O–H groups in total. The number of benzene rings is 3. The topological polar surface area (TPSA) is 78.8 Å². The molecule has 6 nitrogen and oxygen atoms in total. The van der Waals surface area contributed by atoms with Crippen molar-refractivity contribution in [3.05, 3.63) is 96.4 Å². The molecule has 0 aliphatic heterocycles. The Labute approximate surface area is 230 Å². The molecule has 0 aliphatic carbocycles. The van der Waals surface area contributed by atoms with Crippen molar-refractivity contribution in [2.75, 3.05) is 6.54 Å². The van der Waals surface area contributed by atoms with Crippen LogP contribution in [0.2, 0.25) is 20.1 Å². The van der Waals surface area contributed by atoms with E-state index in [1.807, 2.05) is 6.92 Å². The Morgan fingerprint density at radius 3 is 2.06 bits per heavy atom. The van der Waals surface area contributed by atoms with E-state index in [0.717, 1.165) is 9.87 Å². The molecule has 0 heterocycles. The van der Waals surface area contributed by atoms with Gasteiger partial charge in [-0.15, -0.1) is 0 Å². The van der Waals surface area contributed by atoms with Gasteiger partial charge in [-0.05, 0) is 67.3 Å². The van der Waals surface area contributed by atoms with Crippen molar-refractivity contribution in [2.24, 2.45) is 5.10 Å². The molecule has 190 valence electrons. The van der Waals surface area contributed by atoms with Crippen molar-refractivity contribution < 1.29 is 13.2 Å². The summed E-state index contributed by atoms with van der Waals surface area (Å²) < 4.78 is 28.6. The number of amides is 1. The van der Waals surface area contributed by atoms with E-state index in [0.29, 0.717) is 37.3 Å². The molecule has 0 atom stereocenters. The summed E-state index contributed by atoms with van der Waals surface area (Å²) in [7, 11) is -4.07. The first-order valence-corrected chi connectivity index (χ1v) is 13.6. The van der Waals surface area contributed by atoms with E-state index in [-0.39, 0.29) is 16.5 Å². The maximum Gasteiger partial charge on any atom is 0.255 e. The van der Waals surface area contributed by atoms with Gasteiger partial charge >= 0.3 is 0 Å². The van der Waals surface area contributed by atoms with Gasteiger partial charge in [0.2, 0.25) is 10.0 Å². The summed E-state index contributed by atoms with van der Waals surface area (Å²) in [6.45, 7) is 4.77. The Morgan fingerprint density at radius 2 is 1.47 bits per heavy atom. The fourth-order valence-corrected chi connectivity index (χ4v) is 6.16. The Morgan fingerprint density at radius 1 is 0.889 bits per heavy atom. The number of aryl methyl sites for hydroxylation is 3. The maximum absolute atomic E-state index is 13.8. The lowest BCUT2D eigenvalue weighted by molar-refractivity contribution is -0.121. The van der Waals surface area contributed by atoms with Crippen LogP contribution < -0.4 is 5.43 Å². The second-order valence-electron chi connectivity index (χ2n) is 8.22. The largest absolute Gasteiger partial charge is 0.272 e. The van der Waals surface area contributed by atoms with E-state index in [1.54, 1.807) is 62.4 Å². The van der Waals surface area contributed by atoms with Crippen molar-refractivity contribution in [3.63, 3.8) is 0 Å². The molecule has 0 fully saturated rings. The number of hydrogen-bond acceptors (Lipinski definition) is 4. The molecule has 3 rings (SSSR count). The monoisotopic (exact) mass is 585 g/mol. The second kappa shape index (κ2) is 11.9. The third-order valence-electron chi connectivity index (χ3n) is 5.21. The predicted molar refractivity (Wildman–Crippen MR) is 147 cm³/mol. The first kappa shape index (κ1) is 28.4. The van der Waals surface area contributed by atoms with Gasteiger partial charge in [-0.1, -0.05) is 76.2 Å². The number of hydrogen-bond donors (Lipinski definition) is 1. The van der Waals surface area contributed by atoms with E-state index >= 15 is 0 Å². The number of carbonyl (C=O) groups is 1. The minimum atomic E-state index is -4.07. The maximum atomic E-state index is 13.8. The molecule has 11 heteroatoms. The minimum absolute atomic E-state index is 0.101. The fraction of sp³-hybridized carbons (Fsp3) is 0.200. The van der Waals surface area contributed by atoms with E-state index < -0.39 is 22.5 Å². The molecule has 3 aromatic rings. The van der Waals surface area contributed by atoms with Gasteiger partial charge in [0.15, 0.2) is 0 Å². The van der Waals surface area contributed by atoms with Crippen molar-refractivity contribution in [1.82, 2.24) is 9.73 Å². The molecule has 1 amide bonds. The van der Waals surface area contributed by atoms with Crippen molar-refractivity contribution in [3.8, 4) is 0 Å². The van der Waals surface area contributed by atoms with Crippen LogP contribution >= 0.6 is 46.4 Å². The van der Waals surface area contributed by atoms with E-state index in [9.17, 15) is 13.2 Å². The number of hydrazone groups is 1. The lowest BCUT2D eigenvalue weighted by Gasteiger charge is -2.24. The molecule has 0 aromatic heterocycles. The number of nitrogens with zero attached hydrogens (tertiary/aromatic N) is 2. The highest BCUT2D eigenvalue weighted by molar-refractivity contribution is 7.89. The van der Waals surface area contributed by atoms with Crippen molar-refractivity contribution in [2.45, 2.75) is 32.2 Å². The van der Waals surface area contributed by atoms with Gasteiger partial charge in [0.25, 0.3) is 5.91 Å². The quantitative estimate of drug-likeness (QED) is 0.239. The van der Waals surface area contributed by atoms with Crippen LogP contribution in [0.15, 0.2) is 58.5 Å². The summed E-state index contributed by atoms with van der Waals surface area (Å²) in [6.07, 6.45) is 1.38. The molecule has 3 aromatic carbocycles. The van der Waals surface area contributed by atoms with Crippen molar-refractivity contribution in [1.29, 1.82) is 0 Å². The highest BCUT2D eigenvalue weighted by Crippen LogP contribution is 2.28. The summed E-state index contributed by atoms with van der Waals surface area (Å²) in [6, 6.07) is 13.3. The summed E-state index contributed by atoms with van der Waals surface area (Å²) in [5.41, 5.74) is 5.66. The zero-order valence-corrected chi connectivity index (χ0v) is 23.5. The van der Waals surface area contributed by atoms with E-state index in [4.69, 9.17) is 46.4 Å². The number of sulfonamides is 1. The number of carbonyl (C=O) groups excluding carboxylic acids is 1. The van der Waals surface area contributed by atoms with Crippen LogP contribution in [0, 0.1) is 20.8 Å². The van der Waals surface area contributed by atoms with E-state index in [1.165, 1.54) is 6.21 Å². The SMILES string of the molecule is Cc1cc(C)c(S(=O)(=O)N(CC(=O)N/N=C/c2ccc(Cl)c(Cl)c2)Cc2ccc(Cl)c(Cl)c2)c(C)c1. The van der Waals surface area contributed by atoms with Gasteiger partial charge in [-0.25, -0.2) is 13.8 Å².